The second kappa shape index (κ2) is 15.4. The number of piperidine rings is 1. The number of benzene rings is 2. The lowest BCUT2D eigenvalue weighted by molar-refractivity contribution is -0.134. The smallest absolute Gasteiger partial charge is 0.328 e. The van der Waals surface area contributed by atoms with Crippen LogP contribution in [0.4, 0.5) is 0 Å². The van der Waals surface area contributed by atoms with Gasteiger partial charge in [0.25, 0.3) is 5.91 Å². The average Bonchev–Trinajstić information content (AvgIpc) is 2.95. The van der Waals surface area contributed by atoms with Crippen LogP contribution in [0.15, 0.2) is 73.3 Å². The van der Waals surface area contributed by atoms with Crippen molar-refractivity contribution in [1.82, 2.24) is 9.80 Å². The van der Waals surface area contributed by atoms with Gasteiger partial charge in [-0.2, -0.15) is 0 Å². The molecule has 0 spiro atoms. The van der Waals surface area contributed by atoms with E-state index >= 15 is 0 Å². The minimum atomic E-state index is -1.26. The first-order chi connectivity index (χ1) is 19.3. The molecule has 10 nitrogen and oxygen atoms in total. The van der Waals surface area contributed by atoms with Crippen LogP contribution in [0.5, 0.6) is 11.5 Å². The quantitative estimate of drug-likeness (QED) is 0.284. The number of fused-ring (bicyclic) bond motifs is 1. The molecular weight excluding hydrogens is 516 g/mol. The zero-order valence-electron chi connectivity index (χ0n) is 22.4. The Labute approximate surface area is 233 Å². The van der Waals surface area contributed by atoms with Crippen molar-refractivity contribution >= 4 is 17.8 Å². The summed E-state index contributed by atoms with van der Waals surface area (Å²) < 4.78 is 11.4. The van der Waals surface area contributed by atoms with Crippen molar-refractivity contribution in [1.29, 1.82) is 0 Å². The molecule has 1 fully saturated rings. The van der Waals surface area contributed by atoms with Crippen LogP contribution in [0.1, 0.15) is 28.8 Å². The normalized spacial score (nSPS) is 16.4. The average molecular weight is 553 g/mol. The number of carboxylic acid groups (broad SMARTS) is 2. The predicted molar refractivity (Wildman–Crippen MR) is 149 cm³/mol. The van der Waals surface area contributed by atoms with Gasteiger partial charge in [-0.15, -0.1) is 0 Å². The number of rotatable bonds is 11. The van der Waals surface area contributed by atoms with E-state index in [1.807, 2.05) is 42.5 Å². The molecule has 3 N–H and O–H groups in total. The van der Waals surface area contributed by atoms with Crippen molar-refractivity contribution in [2.45, 2.75) is 31.4 Å². The third-order valence-electron chi connectivity index (χ3n) is 6.60. The molecule has 2 aromatic rings. The van der Waals surface area contributed by atoms with Gasteiger partial charge in [-0.3, -0.25) is 4.79 Å². The van der Waals surface area contributed by atoms with E-state index in [1.54, 1.807) is 6.08 Å². The van der Waals surface area contributed by atoms with Crippen molar-refractivity contribution in [2.75, 3.05) is 39.4 Å². The Kier molecular flexibility index (Phi) is 11.7. The molecule has 0 aromatic heterocycles. The molecule has 1 saturated heterocycles. The highest BCUT2D eigenvalue weighted by atomic mass is 16.5. The number of hydrogen-bond donors (Lipinski definition) is 3. The molecule has 40 heavy (non-hydrogen) atoms. The first-order valence-electron chi connectivity index (χ1n) is 13.2. The number of nitrogens with zero attached hydrogens (tertiary/aromatic N) is 2. The van der Waals surface area contributed by atoms with Crippen LogP contribution in [-0.4, -0.2) is 94.5 Å². The van der Waals surface area contributed by atoms with Gasteiger partial charge < -0.3 is 34.6 Å². The largest absolute Gasteiger partial charge is 0.487 e. The maximum atomic E-state index is 12.9. The van der Waals surface area contributed by atoms with Gasteiger partial charge in [-0.25, -0.2) is 9.59 Å². The van der Waals surface area contributed by atoms with Gasteiger partial charge in [0.2, 0.25) is 0 Å². The van der Waals surface area contributed by atoms with Crippen molar-refractivity contribution in [3.8, 4) is 11.5 Å². The zero-order valence-corrected chi connectivity index (χ0v) is 22.4. The van der Waals surface area contributed by atoms with E-state index in [2.05, 4.69) is 22.4 Å². The topological polar surface area (TPSA) is 137 Å². The molecule has 0 aliphatic carbocycles. The van der Waals surface area contributed by atoms with Crippen LogP contribution >= 0.6 is 0 Å². The lowest BCUT2D eigenvalue weighted by atomic mass is 9.95. The number of aliphatic hydroxyl groups is 1. The summed E-state index contributed by atoms with van der Waals surface area (Å²) >= 11 is 0. The van der Waals surface area contributed by atoms with Gasteiger partial charge in [0, 0.05) is 49.9 Å². The highest BCUT2D eigenvalue weighted by Gasteiger charge is 2.32. The van der Waals surface area contributed by atoms with Crippen molar-refractivity contribution in [3.05, 3.63) is 84.5 Å². The monoisotopic (exact) mass is 552 g/mol. The Morgan fingerprint density at radius 1 is 0.950 bits per heavy atom. The van der Waals surface area contributed by atoms with Gasteiger partial charge in [-0.05, 0) is 43.0 Å². The fourth-order valence-corrected chi connectivity index (χ4v) is 4.72. The number of hydrogen-bond acceptors (Lipinski definition) is 7. The molecule has 2 aliphatic heterocycles. The van der Waals surface area contributed by atoms with E-state index < -0.39 is 18.0 Å². The number of carboxylic acids is 2. The van der Waals surface area contributed by atoms with E-state index in [0.717, 1.165) is 50.0 Å². The third-order valence-corrected chi connectivity index (χ3v) is 6.60. The number of carbonyl (C=O) groups excluding carboxylic acids is 1. The van der Waals surface area contributed by atoms with Gasteiger partial charge in [0.15, 0.2) is 11.5 Å². The highest BCUT2D eigenvalue weighted by molar-refractivity contribution is 5.97. The summed E-state index contributed by atoms with van der Waals surface area (Å²) in [4.78, 5) is 36.3. The zero-order chi connectivity index (χ0) is 28.9. The number of aliphatic hydroxyl groups excluding tert-OH is 1. The molecule has 1 unspecified atom stereocenters. The molecule has 0 bridgehead atoms. The number of aliphatic carboxylic acids is 2. The van der Waals surface area contributed by atoms with Gasteiger partial charge in [0.05, 0.1) is 0 Å². The van der Waals surface area contributed by atoms with Crippen LogP contribution < -0.4 is 9.47 Å². The summed E-state index contributed by atoms with van der Waals surface area (Å²) in [7, 11) is 0. The number of β-amino-alcohol motifs (C(OH)–C–C–N with tert-alkyl or cyclic N) is 1. The van der Waals surface area contributed by atoms with Gasteiger partial charge >= 0.3 is 11.9 Å². The Bertz CT molecular complexity index is 1170. The molecule has 214 valence electrons. The lowest BCUT2D eigenvalue weighted by Crippen LogP contribution is -2.51. The minimum Gasteiger partial charge on any atom is -0.487 e. The minimum absolute atomic E-state index is 0.163. The van der Waals surface area contributed by atoms with Crippen molar-refractivity contribution in [2.24, 2.45) is 0 Å². The summed E-state index contributed by atoms with van der Waals surface area (Å²) in [6, 6.07) is 15.7. The Morgan fingerprint density at radius 3 is 2.17 bits per heavy atom. The Morgan fingerprint density at radius 2 is 1.55 bits per heavy atom. The summed E-state index contributed by atoms with van der Waals surface area (Å²) in [6.45, 7) is 7.36. The second-order valence-electron chi connectivity index (χ2n) is 9.46. The van der Waals surface area contributed by atoms with Gasteiger partial charge in [0.1, 0.15) is 19.3 Å². The highest BCUT2D eigenvalue weighted by Crippen LogP contribution is 2.27. The van der Waals surface area contributed by atoms with Crippen molar-refractivity contribution in [3.63, 3.8) is 0 Å². The lowest BCUT2D eigenvalue weighted by Gasteiger charge is -2.41. The SMILES string of the molecule is C=CCOc1ccccc1OCC(O)CN1CCC(N2CCc3ccccc3C2=O)CC1.O=C(O)C=CC(=O)O. The fourth-order valence-electron chi connectivity index (χ4n) is 4.72. The van der Waals surface area contributed by atoms with Crippen LogP contribution in [0.2, 0.25) is 0 Å². The maximum Gasteiger partial charge on any atom is 0.328 e. The molecule has 2 heterocycles. The first-order valence-corrected chi connectivity index (χ1v) is 13.2. The van der Waals surface area contributed by atoms with E-state index in [-0.39, 0.29) is 18.6 Å². The van der Waals surface area contributed by atoms with E-state index in [0.29, 0.717) is 36.8 Å². The van der Waals surface area contributed by atoms with Crippen LogP contribution in [0.3, 0.4) is 0 Å². The molecule has 4 rings (SSSR count). The number of ether oxygens (including phenoxy) is 2. The Balaban J connectivity index is 0.000000482. The molecule has 0 saturated carbocycles. The fraction of sp³-hybridized carbons (Fsp3) is 0.367. The number of amides is 1. The van der Waals surface area contributed by atoms with Crippen LogP contribution in [0.25, 0.3) is 0 Å². The molecule has 2 aliphatic rings. The summed E-state index contributed by atoms with van der Waals surface area (Å²) in [6.07, 6.45) is 4.99. The molecular formula is C30H36N2O8. The van der Waals surface area contributed by atoms with Crippen LogP contribution in [-0.2, 0) is 16.0 Å². The molecule has 1 amide bonds. The predicted octanol–water partition coefficient (Wildman–Crippen LogP) is 2.87. The maximum absolute atomic E-state index is 12.9. The second-order valence-corrected chi connectivity index (χ2v) is 9.46. The van der Waals surface area contributed by atoms with Crippen molar-refractivity contribution < 1.29 is 39.2 Å². The number of likely N-dealkylation sites (tertiary alicyclic amines) is 1. The van der Waals surface area contributed by atoms with E-state index in [4.69, 9.17) is 19.7 Å². The van der Waals surface area contributed by atoms with E-state index in [9.17, 15) is 19.5 Å². The van der Waals surface area contributed by atoms with Crippen LogP contribution in [0, 0.1) is 0 Å². The summed E-state index contributed by atoms with van der Waals surface area (Å²) in [5.74, 6) is -1.08. The number of carbonyl (C=O) groups is 3. The molecule has 0 radical (unpaired) electrons. The Hall–Kier alpha value is -4.15. The number of para-hydroxylation sites is 2. The third kappa shape index (κ3) is 9.25. The molecule has 10 heteroatoms. The molecule has 1 atom stereocenters. The standard InChI is InChI=1S/C26H32N2O4.C4H4O4/c1-2-17-31-24-9-5-6-10-25(24)32-19-22(29)18-27-14-12-21(13-15-27)28-16-11-20-7-3-4-8-23(20)26(28)30;5-3(6)1-2-4(7)8/h2-10,21-22,29H,1,11-19H2;1-2H,(H,5,6)(H,7,8). The first kappa shape index (κ1) is 30.4. The summed E-state index contributed by atoms with van der Waals surface area (Å²) in [5.41, 5.74) is 2.01. The molecule has 2 aromatic carbocycles. The van der Waals surface area contributed by atoms with E-state index in [1.165, 1.54) is 0 Å². The van der Waals surface area contributed by atoms with Gasteiger partial charge in [-0.1, -0.05) is 43.0 Å². The summed E-state index contributed by atoms with van der Waals surface area (Å²) in [5, 5.41) is 26.1.